The van der Waals surface area contributed by atoms with Crippen LogP contribution in [0.4, 0.5) is 16.1 Å². The number of rotatable bonds is 3. The Balaban J connectivity index is 2.01. The molecule has 2 aromatic carbocycles. The van der Waals surface area contributed by atoms with Gasteiger partial charge in [-0.25, -0.2) is 4.39 Å². The Morgan fingerprint density at radius 3 is 2.85 bits per heavy atom. The molecule has 0 saturated carbocycles. The van der Waals surface area contributed by atoms with Crippen LogP contribution in [0.2, 0.25) is 0 Å². The third kappa shape index (κ3) is 2.12. The van der Waals surface area contributed by atoms with Gasteiger partial charge in [-0.15, -0.1) is 0 Å². The first-order valence-electron chi connectivity index (χ1n) is 6.15. The van der Waals surface area contributed by atoms with Gasteiger partial charge in [-0.2, -0.15) is 4.98 Å². The van der Waals surface area contributed by atoms with Crippen molar-refractivity contribution in [3.63, 3.8) is 0 Å². The van der Waals surface area contributed by atoms with Crippen LogP contribution in [0.25, 0.3) is 11.1 Å². The molecule has 1 aromatic heterocycles. The molecule has 3 N–H and O–H groups in total. The molecule has 0 aliphatic rings. The van der Waals surface area contributed by atoms with Gasteiger partial charge in [-0.3, -0.25) is 0 Å². The zero-order valence-corrected chi connectivity index (χ0v) is 10.7. The largest absolute Gasteiger partial charge is 0.420 e. The van der Waals surface area contributed by atoms with Crippen LogP contribution >= 0.6 is 0 Å². The number of nitrogens with zero attached hydrogens (tertiary/aromatic N) is 1. The Kier molecular flexibility index (Phi) is 3.12. The van der Waals surface area contributed by atoms with Gasteiger partial charge in [-0.05, 0) is 30.2 Å². The van der Waals surface area contributed by atoms with Crippen molar-refractivity contribution in [3.8, 4) is 0 Å². The standard InChI is InChI=1S/C15H13FN3O/c1-9-6-7-12-14(13(9)16)20-15(19-12)18-11-5-3-2-4-10(11)8-17/h2-7H,1,8,17H2,(H,18,19). The lowest BCUT2D eigenvalue weighted by molar-refractivity contribution is 0.563. The average Bonchev–Trinajstić information content (AvgIpc) is 2.87. The fourth-order valence-electron chi connectivity index (χ4n) is 1.99. The molecule has 0 aliphatic carbocycles. The maximum Gasteiger partial charge on any atom is 0.300 e. The van der Waals surface area contributed by atoms with Crippen LogP contribution in [0.5, 0.6) is 0 Å². The second-order valence-electron chi connectivity index (χ2n) is 4.39. The van der Waals surface area contributed by atoms with Crippen LogP contribution in [0.3, 0.4) is 0 Å². The minimum atomic E-state index is -0.491. The van der Waals surface area contributed by atoms with Crippen molar-refractivity contribution in [1.82, 2.24) is 4.98 Å². The molecule has 0 fully saturated rings. The summed E-state index contributed by atoms with van der Waals surface area (Å²) in [7, 11) is 0. The molecule has 3 aromatic rings. The predicted molar refractivity (Wildman–Crippen MR) is 76.0 cm³/mol. The van der Waals surface area contributed by atoms with Crippen LogP contribution in [0.15, 0.2) is 40.8 Å². The van der Waals surface area contributed by atoms with E-state index in [1.54, 1.807) is 12.1 Å². The van der Waals surface area contributed by atoms with Gasteiger partial charge >= 0.3 is 0 Å². The maximum atomic E-state index is 13.9. The van der Waals surface area contributed by atoms with E-state index in [-0.39, 0.29) is 17.2 Å². The Labute approximate surface area is 115 Å². The number of hydrogen-bond donors (Lipinski definition) is 2. The van der Waals surface area contributed by atoms with Crippen LogP contribution in [0, 0.1) is 12.7 Å². The van der Waals surface area contributed by atoms with Crippen LogP contribution in [0.1, 0.15) is 11.1 Å². The highest BCUT2D eigenvalue weighted by molar-refractivity contribution is 5.77. The first-order chi connectivity index (χ1) is 9.69. The van der Waals surface area contributed by atoms with Crippen molar-refractivity contribution in [1.29, 1.82) is 0 Å². The molecule has 0 spiro atoms. The highest BCUT2D eigenvalue weighted by Gasteiger charge is 2.13. The summed E-state index contributed by atoms with van der Waals surface area (Å²) in [4.78, 5) is 4.20. The number of anilines is 2. The summed E-state index contributed by atoms with van der Waals surface area (Å²) >= 11 is 0. The Bertz CT molecular complexity index is 767. The summed E-state index contributed by atoms with van der Waals surface area (Å²) in [6.07, 6.45) is 0. The summed E-state index contributed by atoms with van der Waals surface area (Å²) in [5.41, 5.74) is 8.21. The second kappa shape index (κ2) is 4.94. The van der Waals surface area contributed by atoms with Crippen molar-refractivity contribution in [2.75, 3.05) is 5.32 Å². The van der Waals surface area contributed by atoms with E-state index in [9.17, 15) is 4.39 Å². The SMILES string of the molecule is [CH2]c1ccc2nc(Nc3ccccc3CN)oc2c1F. The van der Waals surface area contributed by atoms with Gasteiger partial charge in [0.25, 0.3) is 6.01 Å². The maximum absolute atomic E-state index is 13.9. The molecule has 101 valence electrons. The summed E-state index contributed by atoms with van der Waals surface area (Å²) in [5.74, 6) is -0.491. The number of aromatic nitrogens is 1. The fraction of sp³-hybridized carbons (Fsp3) is 0.0667. The van der Waals surface area contributed by atoms with E-state index in [1.807, 2.05) is 24.3 Å². The molecule has 1 radical (unpaired) electrons. The number of hydrogen-bond acceptors (Lipinski definition) is 4. The molecule has 0 aliphatic heterocycles. The smallest absolute Gasteiger partial charge is 0.300 e. The van der Waals surface area contributed by atoms with Crippen LogP contribution < -0.4 is 11.1 Å². The van der Waals surface area contributed by atoms with E-state index < -0.39 is 5.82 Å². The molecule has 5 heteroatoms. The van der Waals surface area contributed by atoms with Crippen molar-refractivity contribution in [2.24, 2.45) is 5.73 Å². The second-order valence-corrected chi connectivity index (χ2v) is 4.39. The number of fused-ring (bicyclic) bond motifs is 1. The van der Waals surface area contributed by atoms with Gasteiger partial charge in [-0.1, -0.05) is 24.3 Å². The lowest BCUT2D eigenvalue weighted by Crippen LogP contribution is -2.01. The van der Waals surface area contributed by atoms with Gasteiger partial charge in [0.05, 0.1) is 0 Å². The van der Waals surface area contributed by atoms with Crippen LogP contribution in [-0.4, -0.2) is 4.98 Å². The van der Waals surface area contributed by atoms with E-state index in [1.165, 1.54) is 0 Å². The fourth-order valence-corrected chi connectivity index (χ4v) is 1.99. The van der Waals surface area contributed by atoms with Gasteiger partial charge in [0, 0.05) is 12.2 Å². The molecular weight excluding hydrogens is 257 g/mol. The average molecular weight is 270 g/mol. The quantitative estimate of drug-likeness (QED) is 0.766. The first kappa shape index (κ1) is 12.6. The molecule has 0 atom stereocenters. The van der Waals surface area contributed by atoms with E-state index in [4.69, 9.17) is 10.2 Å². The first-order valence-corrected chi connectivity index (χ1v) is 6.15. The van der Waals surface area contributed by atoms with Crippen molar-refractivity contribution in [2.45, 2.75) is 6.54 Å². The molecule has 20 heavy (non-hydrogen) atoms. The summed E-state index contributed by atoms with van der Waals surface area (Å²) < 4.78 is 19.3. The van der Waals surface area contributed by atoms with E-state index in [0.717, 1.165) is 11.3 Å². The molecule has 0 amide bonds. The third-order valence-corrected chi connectivity index (χ3v) is 3.06. The third-order valence-electron chi connectivity index (χ3n) is 3.06. The lowest BCUT2D eigenvalue weighted by atomic mass is 10.2. The Morgan fingerprint density at radius 2 is 2.05 bits per heavy atom. The lowest BCUT2D eigenvalue weighted by Gasteiger charge is -2.06. The molecule has 3 rings (SSSR count). The molecule has 4 nitrogen and oxygen atoms in total. The minimum absolute atomic E-state index is 0.102. The predicted octanol–water partition coefficient (Wildman–Crippen LogP) is 3.35. The highest BCUT2D eigenvalue weighted by atomic mass is 19.1. The van der Waals surface area contributed by atoms with Gasteiger partial charge in [0.15, 0.2) is 11.4 Å². The molecular formula is C15H13FN3O. The number of para-hydroxylation sites is 1. The van der Waals surface area contributed by atoms with Gasteiger partial charge in [0.2, 0.25) is 0 Å². The zero-order chi connectivity index (χ0) is 14.1. The summed E-state index contributed by atoms with van der Waals surface area (Å²) in [6.45, 7) is 3.98. The monoisotopic (exact) mass is 270 g/mol. The van der Waals surface area contributed by atoms with Crippen LogP contribution in [-0.2, 0) is 6.54 Å². The Hall–Kier alpha value is -2.40. The van der Waals surface area contributed by atoms with Crippen molar-refractivity contribution < 1.29 is 8.81 Å². The summed E-state index contributed by atoms with van der Waals surface area (Å²) in [5, 5.41) is 3.01. The highest BCUT2D eigenvalue weighted by Crippen LogP contribution is 2.26. The molecule has 1 heterocycles. The summed E-state index contributed by atoms with van der Waals surface area (Å²) in [6, 6.07) is 11.0. The normalized spacial score (nSPS) is 10.9. The van der Waals surface area contributed by atoms with E-state index in [2.05, 4.69) is 17.2 Å². The van der Waals surface area contributed by atoms with Gasteiger partial charge in [0.1, 0.15) is 5.52 Å². The Morgan fingerprint density at radius 1 is 1.25 bits per heavy atom. The van der Waals surface area contributed by atoms with E-state index >= 15 is 0 Å². The minimum Gasteiger partial charge on any atom is -0.420 e. The number of halogens is 1. The number of nitrogens with one attached hydrogen (secondary N) is 1. The molecule has 0 saturated heterocycles. The topological polar surface area (TPSA) is 64.1 Å². The number of oxazole rings is 1. The van der Waals surface area contributed by atoms with E-state index in [0.29, 0.717) is 12.1 Å². The van der Waals surface area contributed by atoms with Crippen molar-refractivity contribution >= 4 is 22.8 Å². The number of benzene rings is 2. The zero-order valence-electron chi connectivity index (χ0n) is 10.7. The van der Waals surface area contributed by atoms with Gasteiger partial charge < -0.3 is 15.5 Å². The molecule has 0 unspecified atom stereocenters. The molecule has 0 bridgehead atoms. The van der Waals surface area contributed by atoms with Crippen molar-refractivity contribution in [3.05, 3.63) is 60.3 Å². The number of nitrogens with two attached hydrogens (primary N) is 1.